The molecule has 7 heteroatoms. The molecule has 1 aromatic heterocycles. The Morgan fingerprint density at radius 2 is 1.72 bits per heavy atom. The molecule has 7 nitrogen and oxygen atoms in total. The third-order valence-corrected chi connectivity index (χ3v) is 3.66. The third kappa shape index (κ3) is 4.32. The van der Waals surface area contributed by atoms with Crippen molar-refractivity contribution in [2.45, 2.75) is 39.2 Å². The van der Waals surface area contributed by atoms with Crippen molar-refractivity contribution in [2.75, 3.05) is 0 Å². The predicted molar refractivity (Wildman–Crippen MR) is 89.7 cm³/mol. The molecule has 1 heterocycles. The molecule has 0 saturated carbocycles. The number of carbonyl (C=O) groups excluding carboxylic acids is 2. The first-order valence-corrected chi connectivity index (χ1v) is 7.69. The van der Waals surface area contributed by atoms with Crippen molar-refractivity contribution in [3.63, 3.8) is 0 Å². The Hall–Kier alpha value is -2.96. The van der Waals surface area contributed by atoms with E-state index in [-0.39, 0.29) is 17.0 Å². The van der Waals surface area contributed by atoms with Gasteiger partial charge in [-0.1, -0.05) is 45.0 Å². The summed E-state index contributed by atoms with van der Waals surface area (Å²) in [6.07, 6.45) is -1.04. The van der Waals surface area contributed by atoms with Gasteiger partial charge in [-0.05, 0) is 24.0 Å². The lowest BCUT2D eigenvalue weighted by molar-refractivity contribution is -0.402. The molecule has 1 atom stereocenters. The number of hydrogen-bond donors (Lipinski definition) is 0. The molecule has 2 aromatic rings. The molecule has 132 valence electrons. The SMILES string of the molecule is CC(OC(=O)c1ccc([N+](=O)[O-])o1)C(=O)c1ccc(C(C)(C)C)cc1. The highest BCUT2D eigenvalue weighted by molar-refractivity contribution is 6.01. The number of nitrogens with zero attached hydrogens (tertiary/aromatic N) is 1. The molecule has 0 amide bonds. The van der Waals surface area contributed by atoms with E-state index in [1.165, 1.54) is 6.92 Å². The lowest BCUT2D eigenvalue weighted by atomic mass is 9.86. The summed E-state index contributed by atoms with van der Waals surface area (Å²) in [5, 5.41) is 10.6. The van der Waals surface area contributed by atoms with Gasteiger partial charge in [0.2, 0.25) is 11.5 Å². The molecule has 0 saturated heterocycles. The number of Topliss-reactive ketones (excluding diaryl/α,β-unsaturated/α-hetero) is 1. The molecule has 1 unspecified atom stereocenters. The Labute approximate surface area is 144 Å². The summed E-state index contributed by atoms with van der Waals surface area (Å²) in [5.74, 6) is -2.19. The van der Waals surface area contributed by atoms with Crippen LogP contribution in [0.25, 0.3) is 0 Å². The van der Waals surface area contributed by atoms with Crippen LogP contribution in [0.15, 0.2) is 40.8 Å². The van der Waals surface area contributed by atoms with Crippen molar-refractivity contribution >= 4 is 17.6 Å². The minimum atomic E-state index is -1.04. The highest BCUT2D eigenvalue weighted by Gasteiger charge is 2.24. The van der Waals surface area contributed by atoms with E-state index in [2.05, 4.69) is 20.8 Å². The van der Waals surface area contributed by atoms with Gasteiger partial charge in [-0.3, -0.25) is 14.9 Å². The second-order valence-corrected chi connectivity index (χ2v) is 6.63. The molecule has 0 spiro atoms. The summed E-state index contributed by atoms with van der Waals surface area (Å²) in [6, 6.07) is 9.27. The molecule has 0 aliphatic carbocycles. The number of rotatable bonds is 5. The third-order valence-electron chi connectivity index (χ3n) is 3.66. The average Bonchev–Trinajstić information content (AvgIpc) is 3.03. The summed E-state index contributed by atoms with van der Waals surface area (Å²) in [6.45, 7) is 7.64. The average molecular weight is 345 g/mol. The summed E-state index contributed by atoms with van der Waals surface area (Å²) < 4.78 is 9.80. The first-order valence-electron chi connectivity index (χ1n) is 7.69. The minimum absolute atomic E-state index is 0.0341. The number of ketones is 1. The Morgan fingerprint density at radius 3 is 2.20 bits per heavy atom. The van der Waals surface area contributed by atoms with Crippen LogP contribution >= 0.6 is 0 Å². The van der Waals surface area contributed by atoms with Crippen LogP contribution in [-0.2, 0) is 10.2 Å². The van der Waals surface area contributed by atoms with E-state index in [9.17, 15) is 19.7 Å². The fraction of sp³-hybridized carbons (Fsp3) is 0.333. The van der Waals surface area contributed by atoms with E-state index in [0.717, 1.165) is 17.7 Å². The molecule has 0 N–H and O–H groups in total. The normalized spacial score (nSPS) is 12.5. The molecule has 0 bridgehead atoms. The van der Waals surface area contributed by atoms with Gasteiger partial charge in [0, 0.05) is 5.56 Å². The topological polar surface area (TPSA) is 99.7 Å². The Morgan fingerprint density at radius 1 is 1.12 bits per heavy atom. The molecule has 0 aliphatic heterocycles. The molecule has 25 heavy (non-hydrogen) atoms. The summed E-state index contributed by atoms with van der Waals surface area (Å²) in [4.78, 5) is 34.1. The molecule has 0 aliphatic rings. The molecule has 2 rings (SSSR count). The van der Waals surface area contributed by atoms with Crippen LogP contribution in [0.2, 0.25) is 0 Å². The van der Waals surface area contributed by atoms with E-state index >= 15 is 0 Å². The van der Waals surface area contributed by atoms with E-state index in [1.54, 1.807) is 12.1 Å². The first-order chi connectivity index (χ1) is 11.6. The van der Waals surface area contributed by atoms with Crippen LogP contribution in [0.4, 0.5) is 5.88 Å². The number of nitro groups is 1. The minimum Gasteiger partial charge on any atom is -0.448 e. The molecule has 0 fully saturated rings. The molecular weight excluding hydrogens is 326 g/mol. The van der Waals surface area contributed by atoms with Crippen LogP contribution in [0.1, 0.15) is 54.2 Å². The van der Waals surface area contributed by atoms with Crippen LogP contribution in [0, 0.1) is 10.1 Å². The number of hydrogen-bond acceptors (Lipinski definition) is 6. The maximum Gasteiger partial charge on any atom is 0.433 e. The predicted octanol–water partition coefficient (Wildman–Crippen LogP) is 3.91. The summed E-state index contributed by atoms with van der Waals surface area (Å²) in [7, 11) is 0. The lowest BCUT2D eigenvalue weighted by Gasteiger charge is -2.19. The van der Waals surface area contributed by atoms with E-state index < -0.39 is 22.9 Å². The molecule has 0 radical (unpaired) electrons. The fourth-order valence-corrected chi connectivity index (χ4v) is 2.18. The monoisotopic (exact) mass is 345 g/mol. The Bertz CT molecular complexity index is 798. The van der Waals surface area contributed by atoms with Gasteiger partial charge in [0.25, 0.3) is 0 Å². The molecule has 1 aromatic carbocycles. The standard InChI is InChI=1S/C18H19NO6/c1-11(24-17(21)14-9-10-15(25-14)19(22)23)16(20)12-5-7-13(8-6-12)18(2,3)4/h5-11H,1-4H3. The Kier molecular flexibility index (Phi) is 5.06. The van der Waals surface area contributed by atoms with Crippen LogP contribution in [0.5, 0.6) is 0 Å². The van der Waals surface area contributed by atoms with E-state index in [0.29, 0.717) is 5.56 Å². The molecular formula is C18H19NO6. The van der Waals surface area contributed by atoms with Crippen LogP contribution in [-0.4, -0.2) is 22.8 Å². The maximum absolute atomic E-state index is 12.4. The Balaban J connectivity index is 2.06. The van der Waals surface area contributed by atoms with Crippen LogP contribution < -0.4 is 0 Å². The van der Waals surface area contributed by atoms with Crippen molar-refractivity contribution in [3.8, 4) is 0 Å². The van der Waals surface area contributed by atoms with Gasteiger partial charge in [-0.2, -0.15) is 0 Å². The van der Waals surface area contributed by atoms with E-state index in [1.807, 2.05) is 12.1 Å². The second-order valence-electron chi connectivity index (χ2n) is 6.63. The van der Waals surface area contributed by atoms with Gasteiger partial charge in [0.05, 0.1) is 6.07 Å². The number of furan rings is 1. The quantitative estimate of drug-likeness (QED) is 0.352. The van der Waals surface area contributed by atoms with Gasteiger partial charge in [0.15, 0.2) is 6.10 Å². The zero-order valence-electron chi connectivity index (χ0n) is 14.4. The first kappa shape index (κ1) is 18.4. The van der Waals surface area contributed by atoms with Gasteiger partial charge < -0.3 is 9.15 Å². The highest BCUT2D eigenvalue weighted by atomic mass is 16.7. The zero-order chi connectivity index (χ0) is 18.8. The summed E-state index contributed by atoms with van der Waals surface area (Å²) >= 11 is 0. The number of benzene rings is 1. The lowest BCUT2D eigenvalue weighted by Crippen LogP contribution is -2.24. The van der Waals surface area contributed by atoms with Gasteiger partial charge in [0.1, 0.15) is 4.92 Å². The van der Waals surface area contributed by atoms with Gasteiger partial charge in [-0.25, -0.2) is 4.79 Å². The van der Waals surface area contributed by atoms with Crippen molar-refractivity contribution in [1.29, 1.82) is 0 Å². The second kappa shape index (κ2) is 6.88. The maximum atomic E-state index is 12.4. The number of ether oxygens (including phenoxy) is 1. The van der Waals surface area contributed by atoms with Gasteiger partial charge in [-0.15, -0.1) is 0 Å². The van der Waals surface area contributed by atoms with Gasteiger partial charge >= 0.3 is 11.9 Å². The largest absolute Gasteiger partial charge is 0.448 e. The van der Waals surface area contributed by atoms with Crippen molar-refractivity contribution in [3.05, 3.63) is 63.4 Å². The zero-order valence-corrected chi connectivity index (χ0v) is 14.4. The number of carbonyl (C=O) groups is 2. The van der Waals surface area contributed by atoms with Crippen molar-refractivity contribution in [2.24, 2.45) is 0 Å². The van der Waals surface area contributed by atoms with Crippen LogP contribution in [0.3, 0.4) is 0 Å². The van der Waals surface area contributed by atoms with E-state index in [4.69, 9.17) is 9.15 Å². The smallest absolute Gasteiger partial charge is 0.433 e. The fourth-order valence-electron chi connectivity index (χ4n) is 2.18. The van der Waals surface area contributed by atoms with Crippen molar-refractivity contribution < 1.29 is 23.7 Å². The number of esters is 1. The van der Waals surface area contributed by atoms with Crippen molar-refractivity contribution in [1.82, 2.24) is 0 Å². The summed E-state index contributed by atoms with van der Waals surface area (Å²) in [5.41, 5.74) is 1.46. The highest BCUT2D eigenvalue weighted by Crippen LogP contribution is 2.23.